The number of hydrogen-bond acceptors (Lipinski definition) is 6. The van der Waals surface area contributed by atoms with Gasteiger partial charge in [0.1, 0.15) is 17.0 Å². The SMILES string of the molecule is COc1ccccc1Cn1cc(C(=O)O)c(=O)c2cc(F)c(N3CC4CC3CN4)nc21. The Morgan fingerprint density at radius 3 is 2.87 bits per heavy atom. The van der Waals surface area contributed by atoms with Crippen LogP contribution < -0.4 is 20.4 Å². The summed E-state index contributed by atoms with van der Waals surface area (Å²) in [5.41, 5.74) is -0.154. The van der Waals surface area contributed by atoms with Crippen LogP contribution >= 0.6 is 0 Å². The van der Waals surface area contributed by atoms with Crippen LogP contribution in [0.15, 0.2) is 41.3 Å². The number of halogens is 1. The van der Waals surface area contributed by atoms with Crippen LogP contribution in [0, 0.1) is 5.82 Å². The average molecular weight is 424 g/mol. The Kier molecular flexibility index (Phi) is 4.62. The molecule has 0 saturated carbocycles. The minimum atomic E-state index is -1.37. The van der Waals surface area contributed by atoms with E-state index in [1.807, 2.05) is 23.1 Å². The topological polar surface area (TPSA) is 96.7 Å². The molecule has 8 nitrogen and oxygen atoms in total. The number of anilines is 1. The maximum absolute atomic E-state index is 15.0. The van der Waals surface area contributed by atoms with Gasteiger partial charge < -0.3 is 24.6 Å². The van der Waals surface area contributed by atoms with Crippen molar-refractivity contribution in [2.75, 3.05) is 25.1 Å². The molecule has 1 aromatic carbocycles. The van der Waals surface area contributed by atoms with Crippen molar-refractivity contribution in [3.8, 4) is 5.75 Å². The number of fused-ring (bicyclic) bond motifs is 3. The number of ether oxygens (including phenoxy) is 1. The predicted octanol–water partition coefficient (Wildman–Crippen LogP) is 1.84. The van der Waals surface area contributed by atoms with Crippen LogP contribution in [0.4, 0.5) is 10.2 Å². The van der Waals surface area contributed by atoms with E-state index in [-0.39, 0.29) is 29.4 Å². The van der Waals surface area contributed by atoms with Gasteiger partial charge in [0.25, 0.3) is 0 Å². The molecule has 9 heteroatoms. The van der Waals surface area contributed by atoms with Gasteiger partial charge in [-0.05, 0) is 18.6 Å². The first-order valence-corrected chi connectivity index (χ1v) is 10.0. The lowest BCUT2D eigenvalue weighted by molar-refractivity contribution is 0.0695. The molecule has 0 aliphatic carbocycles. The number of carboxylic acid groups (broad SMARTS) is 1. The second-order valence-electron chi connectivity index (χ2n) is 7.93. The van der Waals surface area contributed by atoms with Gasteiger partial charge in [0.2, 0.25) is 5.43 Å². The third-order valence-corrected chi connectivity index (χ3v) is 6.08. The van der Waals surface area contributed by atoms with Crippen molar-refractivity contribution in [2.45, 2.75) is 25.0 Å². The monoisotopic (exact) mass is 424 g/mol. The summed E-state index contributed by atoms with van der Waals surface area (Å²) in [5.74, 6) is -1.18. The number of nitrogens with zero attached hydrogens (tertiary/aromatic N) is 3. The molecule has 2 aliphatic rings. The number of rotatable bonds is 5. The summed E-state index contributed by atoms with van der Waals surface area (Å²) in [5, 5.41) is 12.8. The van der Waals surface area contributed by atoms with Gasteiger partial charge in [-0.15, -0.1) is 0 Å². The molecule has 0 spiro atoms. The Hall–Kier alpha value is -3.46. The number of methoxy groups -OCH3 is 1. The van der Waals surface area contributed by atoms with E-state index in [1.54, 1.807) is 17.7 Å². The Morgan fingerprint density at radius 2 is 2.19 bits per heavy atom. The van der Waals surface area contributed by atoms with Crippen LogP contribution in [-0.4, -0.2) is 52.9 Å². The number of carbonyl (C=O) groups is 1. The van der Waals surface area contributed by atoms with E-state index in [4.69, 9.17) is 4.74 Å². The molecular weight excluding hydrogens is 403 g/mol. The summed E-state index contributed by atoms with van der Waals surface area (Å²) in [6.45, 7) is 1.62. The van der Waals surface area contributed by atoms with Crippen LogP contribution in [0.2, 0.25) is 0 Å². The molecule has 2 aromatic heterocycles. The molecule has 0 radical (unpaired) electrons. The highest BCUT2D eigenvalue weighted by molar-refractivity contribution is 5.92. The number of piperazine rings is 1. The van der Waals surface area contributed by atoms with Crippen LogP contribution in [0.3, 0.4) is 0 Å². The quantitative estimate of drug-likeness (QED) is 0.645. The van der Waals surface area contributed by atoms with Crippen molar-refractivity contribution >= 4 is 22.8 Å². The number of hydrogen-bond donors (Lipinski definition) is 2. The number of nitrogens with one attached hydrogen (secondary N) is 1. The van der Waals surface area contributed by atoms with Crippen molar-refractivity contribution < 1.29 is 19.0 Å². The van der Waals surface area contributed by atoms with E-state index in [0.29, 0.717) is 18.3 Å². The smallest absolute Gasteiger partial charge is 0.341 e. The molecule has 4 heterocycles. The predicted molar refractivity (Wildman–Crippen MR) is 113 cm³/mol. The largest absolute Gasteiger partial charge is 0.496 e. The van der Waals surface area contributed by atoms with Gasteiger partial charge in [-0.25, -0.2) is 14.2 Å². The molecule has 2 N–H and O–H groups in total. The molecule has 5 rings (SSSR count). The van der Waals surface area contributed by atoms with E-state index >= 15 is 4.39 Å². The van der Waals surface area contributed by atoms with Crippen LogP contribution in [0.5, 0.6) is 5.75 Å². The van der Waals surface area contributed by atoms with Crippen molar-refractivity contribution in [1.82, 2.24) is 14.9 Å². The van der Waals surface area contributed by atoms with E-state index in [2.05, 4.69) is 10.3 Å². The Labute approximate surface area is 176 Å². The molecule has 2 fully saturated rings. The molecule has 2 aliphatic heterocycles. The first kappa shape index (κ1) is 19.5. The fourth-order valence-corrected chi connectivity index (χ4v) is 4.59. The van der Waals surface area contributed by atoms with Crippen LogP contribution in [-0.2, 0) is 6.54 Å². The highest BCUT2D eigenvalue weighted by Gasteiger charge is 2.39. The van der Waals surface area contributed by atoms with Crippen LogP contribution in [0.25, 0.3) is 11.0 Å². The molecule has 2 bridgehead atoms. The van der Waals surface area contributed by atoms with Gasteiger partial charge in [0.05, 0.1) is 19.0 Å². The third kappa shape index (κ3) is 3.21. The first-order valence-electron chi connectivity index (χ1n) is 10.0. The minimum absolute atomic E-state index is 0.0569. The summed E-state index contributed by atoms with van der Waals surface area (Å²) in [6.07, 6.45) is 2.19. The summed E-state index contributed by atoms with van der Waals surface area (Å²) in [4.78, 5) is 30.9. The minimum Gasteiger partial charge on any atom is -0.496 e. The second kappa shape index (κ2) is 7.35. The summed E-state index contributed by atoms with van der Waals surface area (Å²) in [7, 11) is 1.55. The van der Waals surface area contributed by atoms with Crippen molar-refractivity contribution in [2.24, 2.45) is 0 Å². The zero-order valence-corrected chi connectivity index (χ0v) is 16.8. The number of carboxylic acids is 1. The Bertz CT molecular complexity index is 1260. The molecule has 160 valence electrons. The van der Waals surface area contributed by atoms with Gasteiger partial charge in [-0.1, -0.05) is 18.2 Å². The molecule has 3 aromatic rings. The fraction of sp³-hybridized carbons (Fsp3) is 0.318. The van der Waals surface area contributed by atoms with Crippen molar-refractivity contribution in [1.29, 1.82) is 0 Å². The Balaban J connectivity index is 1.70. The Morgan fingerprint density at radius 1 is 1.39 bits per heavy atom. The summed E-state index contributed by atoms with van der Waals surface area (Å²) < 4.78 is 22.0. The maximum atomic E-state index is 15.0. The van der Waals surface area contributed by atoms with E-state index in [0.717, 1.165) is 24.6 Å². The van der Waals surface area contributed by atoms with E-state index < -0.39 is 22.8 Å². The number of aromatic nitrogens is 2. The molecular formula is C22H21FN4O4. The third-order valence-electron chi connectivity index (χ3n) is 6.08. The molecule has 0 amide bonds. The zero-order valence-electron chi connectivity index (χ0n) is 16.8. The molecule has 2 saturated heterocycles. The van der Waals surface area contributed by atoms with Gasteiger partial charge >= 0.3 is 5.97 Å². The maximum Gasteiger partial charge on any atom is 0.341 e. The number of benzene rings is 1. The lowest BCUT2D eigenvalue weighted by atomic mass is 10.1. The molecule has 2 unspecified atom stereocenters. The standard InChI is InChI=1S/C22H21FN4O4/c1-31-18-5-3-2-4-12(18)9-26-11-16(22(29)30)19(28)15-7-17(23)21(25-20(15)26)27-10-13-6-14(27)8-24-13/h2-5,7,11,13-14,24H,6,8-10H2,1H3,(H,29,30). The number of para-hydroxylation sites is 1. The second-order valence-corrected chi connectivity index (χ2v) is 7.93. The average Bonchev–Trinajstić information content (AvgIpc) is 3.39. The molecule has 2 atom stereocenters. The zero-order chi connectivity index (χ0) is 21.7. The summed E-state index contributed by atoms with van der Waals surface area (Å²) >= 11 is 0. The first-order chi connectivity index (χ1) is 15.0. The van der Waals surface area contributed by atoms with Crippen LogP contribution in [0.1, 0.15) is 22.3 Å². The summed E-state index contributed by atoms with van der Waals surface area (Å²) in [6, 6.07) is 8.88. The van der Waals surface area contributed by atoms with Gasteiger partial charge in [0, 0.05) is 36.9 Å². The van der Waals surface area contributed by atoms with Gasteiger partial charge in [-0.2, -0.15) is 0 Å². The van der Waals surface area contributed by atoms with E-state index in [9.17, 15) is 14.7 Å². The van der Waals surface area contributed by atoms with Gasteiger partial charge in [-0.3, -0.25) is 4.79 Å². The van der Waals surface area contributed by atoms with Crippen molar-refractivity contribution in [3.05, 3.63) is 63.7 Å². The van der Waals surface area contributed by atoms with E-state index in [1.165, 1.54) is 6.20 Å². The lowest BCUT2D eigenvalue weighted by Gasteiger charge is -2.29. The normalized spacial score (nSPS) is 19.9. The van der Waals surface area contributed by atoms with Crippen molar-refractivity contribution in [3.63, 3.8) is 0 Å². The molecule has 31 heavy (non-hydrogen) atoms. The van der Waals surface area contributed by atoms with Gasteiger partial charge in [0.15, 0.2) is 11.6 Å². The fourth-order valence-electron chi connectivity index (χ4n) is 4.59. The highest BCUT2D eigenvalue weighted by Crippen LogP contribution is 2.31. The highest BCUT2D eigenvalue weighted by atomic mass is 19.1. The number of aromatic carboxylic acids is 1. The lowest BCUT2D eigenvalue weighted by Crippen LogP contribution is -2.44. The number of pyridine rings is 2.